The molecule has 1 aromatic heterocycles. The number of para-hydroxylation sites is 2. The molecule has 150 valence electrons. The second kappa shape index (κ2) is 7.87. The fourth-order valence-corrected chi connectivity index (χ4v) is 3.95. The molecule has 6 nitrogen and oxygen atoms in total. The van der Waals surface area contributed by atoms with E-state index < -0.39 is 0 Å². The number of hydrogen-bond acceptors (Lipinski definition) is 4. The van der Waals surface area contributed by atoms with E-state index in [-0.39, 0.29) is 24.3 Å². The number of carbonyl (C=O) groups excluding carboxylic acids is 2. The van der Waals surface area contributed by atoms with Gasteiger partial charge in [0.25, 0.3) is 0 Å². The minimum absolute atomic E-state index is 0.0338. The van der Waals surface area contributed by atoms with Gasteiger partial charge in [0.2, 0.25) is 5.91 Å². The first-order valence-corrected chi connectivity index (χ1v) is 10.0. The molecule has 1 fully saturated rings. The van der Waals surface area contributed by atoms with E-state index in [4.69, 9.17) is 21.3 Å². The molecule has 29 heavy (non-hydrogen) atoms. The Kier molecular flexibility index (Phi) is 5.28. The molecule has 0 saturated carbocycles. The maximum Gasteiger partial charge on any atom is 0.326 e. The van der Waals surface area contributed by atoms with Crippen molar-refractivity contribution in [3.8, 4) is 0 Å². The number of aromatic nitrogens is 2. The van der Waals surface area contributed by atoms with Crippen LogP contribution >= 0.6 is 11.6 Å². The van der Waals surface area contributed by atoms with Gasteiger partial charge in [-0.15, -0.1) is 0 Å². The van der Waals surface area contributed by atoms with Gasteiger partial charge in [0.15, 0.2) is 0 Å². The van der Waals surface area contributed by atoms with Crippen LogP contribution in [0.2, 0.25) is 5.02 Å². The Balaban J connectivity index is 1.68. The molecule has 1 aliphatic heterocycles. The number of fused-ring (bicyclic) bond motifs is 1. The van der Waals surface area contributed by atoms with Crippen LogP contribution < -0.4 is 4.90 Å². The topological polar surface area (TPSA) is 64.4 Å². The zero-order valence-electron chi connectivity index (χ0n) is 16.4. The number of aryl methyl sites for hydroxylation is 1. The number of hydrogen-bond donors (Lipinski definition) is 0. The molecular formula is C22H22ClN3O3. The average molecular weight is 412 g/mol. The van der Waals surface area contributed by atoms with E-state index in [0.29, 0.717) is 24.6 Å². The predicted octanol–water partition coefficient (Wildman–Crippen LogP) is 4.08. The molecule has 2 heterocycles. The smallest absolute Gasteiger partial charge is 0.326 e. The van der Waals surface area contributed by atoms with Gasteiger partial charge < -0.3 is 14.2 Å². The summed E-state index contributed by atoms with van der Waals surface area (Å²) >= 11 is 6.13. The summed E-state index contributed by atoms with van der Waals surface area (Å²) in [5.74, 6) is 0.346. The van der Waals surface area contributed by atoms with Crippen molar-refractivity contribution in [2.24, 2.45) is 0 Å². The minimum atomic E-state index is -0.314. The highest BCUT2D eigenvalue weighted by Gasteiger charge is 2.35. The molecule has 3 aromatic rings. The Labute approximate surface area is 174 Å². The largest absolute Gasteiger partial charge is 0.465 e. The van der Waals surface area contributed by atoms with Crippen LogP contribution in [-0.4, -0.2) is 34.6 Å². The van der Waals surface area contributed by atoms with E-state index in [0.717, 1.165) is 28.1 Å². The zero-order chi connectivity index (χ0) is 20.5. The van der Waals surface area contributed by atoms with Gasteiger partial charge in [-0.25, -0.2) is 4.98 Å². The van der Waals surface area contributed by atoms with Crippen LogP contribution in [0.4, 0.5) is 5.69 Å². The van der Waals surface area contributed by atoms with Gasteiger partial charge in [0.1, 0.15) is 12.4 Å². The molecule has 2 aromatic carbocycles. The number of amides is 1. The summed E-state index contributed by atoms with van der Waals surface area (Å²) in [5, 5.41) is 0.674. The fourth-order valence-electron chi connectivity index (χ4n) is 3.83. The quantitative estimate of drug-likeness (QED) is 0.593. The van der Waals surface area contributed by atoms with Crippen molar-refractivity contribution in [1.82, 2.24) is 9.55 Å². The first-order valence-electron chi connectivity index (χ1n) is 9.65. The van der Waals surface area contributed by atoms with Gasteiger partial charge in [-0.3, -0.25) is 9.59 Å². The van der Waals surface area contributed by atoms with Gasteiger partial charge in [-0.2, -0.15) is 0 Å². The van der Waals surface area contributed by atoms with Crippen molar-refractivity contribution in [1.29, 1.82) is 0 Å². The molecule has 1 aliphatic rings. The minimum Gasteiger partial charge on any atom is -0.465 e. The number of carbonyl (C=O) groups is 2. The second-order valence-electron chi connectivity index (χ2n) is 7.19. The maximum atomic E-state index is 12.8. The fraction of sp³-hybridized carbons (Fsp3) is 0.318. The maximum absolute atomic E-state index is 12.8. The Hall–Kier alpha value is -2.86. The standard InChI is InChI=1S/C22H22ClN3O3/c1-3-29-21(28)13-26-19-7-5-4-6-18(19)24-22(26)15-11-20(27)25(12-15)16-8-9-17(23)14(2)10-16/h4-10,15H,3,11-13H2,1-2H3. The number of imidazole rings is 1. The molecule has 4 rings (SSSR count). The lowest BCUT2D eigenvalue weighted by Crippen LogP contribution is -2.25. The molecule has 1 atom stereocenters. The average Bonchev–Trinajstić information content (AvgIpc) is 3.25. The molecule has 0 bridgehead atoms. The van der Waals surface area contributed by atoms with Crippen LogP contribution in [0, 0.1) is 6.92 Å². The van der Waals surface area contributed by atoms with E-state index in [1.165, 1.54) is 0 Å². The Morgan fingerprint density at radius 3 is 2.83 bits per heavy atom. The van der Waals surface area contributed by atoms with E-state index in [9.17, 15) is 9.59 Å². The lowest BCUT2D eigenvalue weighted by Gasteiger charge is -2.18. The van der Waals surface area contributed by atoms with Gasteiger partial charge in [0.05, 0.1) is 17.6 Å². The summed E-state index contributed by atoms with van der Waals surface area (Å²) in [6.07, 6.45) is 0.341. The van der Waals surface area contributed by atoms with E-state index in [1.807, 2.05) is 54.0 Å². The number of rotatable bonds is 5. The zero-order valence-corrected chi connectivity index (χ0v) is 17.1. The SMILES string of the molecule is CCOC(=O)Cn1c(C2CC(=O)N(c3ccc(Cl)c(C)c3)C2)nc2ccccc21. The summed E-state index contributed by atoms with van der Waals surface area (Å²) in [6.45, 7) is 4.61. The lowest BCUT2D eigenvalue weighted by atomic mass is 10.1. The monoisotopic (exact) mass is 411 g/mol. The summed E-state index contributed by atoms with van der Waals surface area (Å²) in [4.78, 5) is 31.5. The van der Waals surface area contributed by atoms with Crippen molar-refractivity contribution in [2.45, 2.75) is 32.7 Å². The number of ether oxygens (including phenoxy) is 1. The number of esters is 1. The van der Waals surface area contributed by atoms with Crippen LogP contribution in [0.1, 0.15) is 30.7 Å². The number of nitrogens with zero attached hydrogens (tertiary/aromatic N) is 3. The highest BCUT2D eigenvalue weighted by Crippen LogP contribution is 2.34. The third-order valence-electron chi connectivity index (χ3n) is 5.22. The van der Waals surface area contributed by atoms with Crippen LogP contribution in [0.3, 0.4) is 0 Å². The lowest BCUT2D eigenvalue weighted by molar-refractivity contribution is -0.143. The third kappa shape index (κ3) is 3.72. The molecule has 7 heteroatoms. The van der Waals surface area contributed by atoms with Gasteiger partial charge in [-0.05, 0) is 49.7 Å². The summed E-state index contributed by atoms with van der Waals surface area (Å²) in [6, 6.07) is 13.3. The summed E-state index contributed by atoms with van der Waals surface area (Å²) in [7, 11) is 0. The molecule has 1 unspecified atom stereocenters. The first kappa shape index (κ1) is 19.5. The highest BCUT2D eigenvalue weighted by atomic mass is 35.5. The molecule has 0 radical (unpaired) electrons. The van der Waals surface area contributed by atoms with Gasteiger partial charge in [-0.1, -0.05) is 23.7 Å². The van der Waals surface area contributed by atoms with Gasteiger partial charge in [0, 0.05) is 29.6 Å². The normalized spacial score (nSPS) is 16.6. The Morgan fingerprint density at radius 1 is 1.28 bits per heavy atom. The third-order valence-corrected chi connectivity index (χ3v) is 5.64. The van der Waals surface area contributed by atoms with Crippen molar-refractivity contribution in [3.63, 3.8) is 0 Å². The summed E-state index contributed by atoms with van der Waals surface area (Å²) < 4.78 is 7.02. The first-order chi connectivity index (χ1) is 14.0. The Morgan fingerprint density at radius 2 is 2.07 bits per heavy atom. The van der Waals surface area contributed by atoms with E-state index in [2.05, 4.69) is 0 Å². The predicted molar refractivity (Wildman–Crippen MR) is 112 cm³/mol. The van der Waals surface area contributed by atoms with E-state index >= 15 is 0 Å². The molecule has 1 saturated heterocycles. The van der Waals surface area contributed by atoms with Crippen molar-refractivity contribution < 1.29 is 14.3 Å². The molecule has 0 spiro atoms. The Bertz CT molecular complexity index is 1090. The van der Waals surface area contributed by atoms with Crippen LogP contribution in [0.5, 0.6) is 0 Å². The van der Waals surface area contributed by atoms with Crippen molar-refractivity contribution in [3.05, 3.63) is 58.9 Å². The highest BCUT2D eigenvalue weighted by molar-refractivity contribution is 6.31. The van der Waals surface area contributed by atoms with Crippen LogP contribution in [0.25, 0.3) is 11.0 Å². The summed E-state index contributed by atoms with van der Waals surface area (Å²) in [5.41, 5.74) is 3.42. The van der Waals surface area contributed by atoms with Gasteiger partial charge >= 0.3 is 5.97 Å². The van der Waals surface area contributed by atoms with Crippen LogP contribution in [0.15, 0.2) is 42.5 Å². The number of benzene rings is 2. The molecule has 0 aliphatic carbocycles. The molecule has 1 amide bonds. The number of halogens is 1. The van der Waals surface area contributed by atoms with Crippen molar-refractivity contribution in [2.75, 3.05) is 18.1 Å². The molecular weight excluding hydrogens is 390 g/mol. The second-order valence-corrected chi connectivity index (χ2v) is 7.60. The molecule has 0 N–H and O–H groups in total. The number of anilines is 1. The van der Waals surface area contributed by atoms with E-state index in [1.54, 1.807) is 11.8 Å². The van der Waals surface area contributed by atoms with Crippen molar-refractivity contribution >= 4 is 40.2 Å². The van der Waals surface area contributed by atoms with Crippen LogP contribution in [-0.2, 0) is 20.9 Å².